The van der Waals surface area contributed by atoms with Gasteiger partial charge in [-0.15, -0.1) is 0 Å². The van der Waals surface area contributed by atoms with Crippen molar-refractivity contribution in [2.24, 2.45) is 0 Å². The van der Waals surface area contributed by atoms with Gasteiger partial charge in [-0.1, -0.05) is 0 Å². The molecule has 110 valence electrons. The van der Waals surface area contributed by atoms with Crippen LogP contribution in [-0.4, -0.2) is 24.1 Å². The lowest BCUT2D eigenvalue weighted by molar-refractivity contribution is 0.0694. The van der Waals surface area contributed by atoms with Gasteiger partial charge in [0.1, 0.15) is 22.8 Å². The standard InChI is InChI=1S/C15H15NO5/c1-9-13(15(18)19)7-12(21-9)8-16-14(17)10-3-5-11(20-2)6-4-10/h3-7H,8H2,1-2H3,(H,16,17)(H,18,19). The lowest BCUT2D eigenvalue weighted by Gasteiger charge is -2.04. The molecule has 2 rings (SSSR count). The monoisotopic (exact) mass is 289 g/mol. The fourth-order valence-electron chi connectivity index (χ4n) is 1.85. The summed E-state index contributed by atoms with van der Waals surface area (Å²) in [7, 11) is 1.55. The van der Waals surface area contributed by atoms with E-state index >= 15 is 0 Å². The number of hydrogen-bond donors (Lipinski definition) is 2. The number of carboxylic acids is 1. The van der Waals surface area contributed by atoms with Crippen LogP contribution in [0.2, 0.25) is 0 Å². The molecule has 2 aromatic rings. The van der Waals surface area contributed by atoms with E-state index in [1.807, 2.05) is 0 Å². The van der Waals surface area contributed by atoms with E-state index in [0.717, 1.165) is 0 Å². The fourth-order valence-corrected chi connectivity index (χ4v) is 1.85. The molecule has 1 heterocycles. The van der Waals surface area contributed by atoms with Crippen LogP contribution in [0, 0.1) is 6.92 Å². The Kier molecular flexibility index (Phi) is 4.27. The zero-order valence-corrected chi connectivity index (χ0v) is 11.7. The number of ether oxygens (including phenoxy) is 1. The van der Waals surface area contributed by atoms with Crippen molar-refractivity contribution < 1.29 is 23.8 Å². The van der Waals surface area contributed by atoms with Gasteiger partial charge in [0.25, 0.3) is 5.91 Å². The van der Waals surface area contributed by atoms with Crippen LogP contribution in [0.1, 0.15) is 32.2 Å². The third-order valence-corrected chi connectivity index (χ3v) is 2.97. The molecular formula is C15H15NO5. The number of methoxy groups -OCH3 is 1. The number of benzene rings is 1. The Balaban J connectivity index is 2.00. The number of hydrogen-bond acceptors (Lipinski definition) is 4. The van der Waals surface area contributed by atoms with Crippen molar-refractivity contribution in [2.75, 3.05) is 7.11 Å². The summed E-state index contributed by atoms with van der Waals surface area (Å²) in [4.78, 5) is 22.8. The number of carboxylic acid groups (broad SMARTS) is 1. The summed E-state index contributed by atoms with van der Waals surface area (Å²) in [6.07, 6.45) is 0. The second kappa shape index (κ2) is 6.13. The lowest BCUT2D eigenvalue weighted by atomic mass is 10.2. The minimum absolute atomic E-state index is 0.101. The summed E-state index contributed by atoms with van der Waals surface area (Å²) in [5.41, 5.74) is 0.584. The largest absolute Gasteiger partial charge is 0.497 e. The summed E-state index contributed by atoms with van der Waals surface area (Å²) in [5.74, 6) is 0.0508. The maximum Gasteiger partial charge on any atom is 0.339 e. The Bertz CT molecular complexity index is 657. The van der Waals surface area contributed by atoms with Crippen LogP contribution in [-0.2, 0) is 6.54 Å². The average molecular weight is 289 g/mol. The molecule has 0 spiro atoms. The molecule has 0 bridgehead atoms. The second-order valence-electron chi connectivity index (χ2n) is 4.40. The van der Waals surface area contributed by atoms with E-state index in [0.29, 0.717) is 22.8 Å². The van der Waals surface area contributed by atoms with Crippen molar-refractivity contribution in [3.05, 3.63) is 53.0 Å². The SMILES string of the molecule is COc1ccc(C(=O)NCc2cc(C(=O)O)c(C)o2)cc1. The van der Waals surface area contributed by atoms with Crippen molar-refractivity contribution in [3.8, 4) is 5.75 Å². The maximum atomic E-state index is 11.9. The predicted octanol–water partition coefficient (Wildman–Crippen LogP) is 2.22. The highest BCUT2D eigenvalue weighted by atomic mass is 16.5. The molecule has 0 aliphatic rings. The zero-order valence-electron chi connectivity index (χ0n) is 11.7. The van der Waals surface area contributed by atoms with E-state index in [2.05, 4.69) is 5.32 Å². The van der Waals surface area contributed by atoms with Crippen LogP contribution in [0.15, 0.2) is 34.7 Å². The number of rotatable bonds is 5. The molecule has 1 aromatic carbocycles. The van der Waals surface area contributed by atoms with Gasteiger partial charge < -0.3 is 19.6 Å². The average Bonchev–Trinajstić information content (AvgIpc) is 2.86. The molecule has 0 atom stereocenters. The van der Waals surface area contributed by atoms with E-state index in [9.17, 15) is 9.59 Å². The molecular weight excluding hydrogens is 274 g/mol. The Morgan fingerprint density at radius 2 is 1.95 bits per heavy atom. The molecule has 1 amide bonds. The third-order valence-electron chi connectivity index (χ3n) is 2.97. The fraction of sp³-hybridized carbons (Fsp3) is 0.200. The Hall–Kier alpha value is -2.76. The molecule has 0 unspecified atom stereocenters. The lowest BCUT2D eigenvalue weighted by Crippen LogP contribution is -2.22. The number of carbonyl (C=O) groups is 2. The van der Waals surface area contributed by atoms with Crippen LogP contribution < -0.4 is 10.1 Å². The highest BCUT2D eigenvalue weighted by molar-refractivity contribution is 5.94. The van der Waals surface area contributed by atoms with Crippen LogP contribution >= 0.6 is 0 Å². The van der Waals surface area contributed by atoms with Crippen molar-refractivity contribution in [1.29, 1.82) is 0 Å². The van der Waals surface area contributed by atoms with Crippen molar-refractivity contribution in [2.45, 2.75) is 13.5 Å². The van der Waals surface area contributed by atoms with Gasteiger partial charge in [0.05, 0.1) is 13.7 Å². The van der Waals surface area contributed by atoms with Crippen LogP contribution in [0.25, 0.3) is 0 Å². The third kappa shape index (κ3) is 3.42. The summed E-state index contributed by atoms with van der Waals surface area (Å²) in [5, 5.41) is 11.6. The molecule has 1 aromatic heterocycles. The topological polar surface area (TPSA) is 88.8 Å². The van der Waals surface area contributed by atoms with Crippen LogP contribution in [0.4, 0.5) is 0 Å². The molecule has 0 saturated carbocycles. The number of furan rings is 1. The molecule has 0 saturated heterocycles. The molecule has 0 radical (unpaired) electrons. The van der Waals surface area contributed by atoms with Gasteiger partial charge in [-0.2, -0.15) is 0 Å². The molecule has 21 heavy (non-hydrogen) atoms. The van der Waals surface area contributed by atoms with Crippen molar-refractivity contribution >= 4 is 11.9 Å². The van der Waals surface area contributed by atoms with E-state index in [-0.39, 0.29) is 18.0 Å². The van der Waals surface area contributed by atoms with Gasteiger partial charge in [-0.3, -0.25) is 4.79 Å². The summed E-state index contributed by atoms with van der Waals surface area (Å²) in [6, 6.07) is 8.07. The molecule has 6 heteroatoms. The van der Waals surface area contributed by atoms with E-state index < -0.39 is 5.97 Å². The minimum atomic E-state index is -1.05. The molecule has 2 N–H and O–H groups in total. The summed E-state index contributed by atoms with van der Waals surface area (Å²) in [6.45, 7) is 1.69. The highest BCUT2D eigenvalue weighted by Gasteiger charge is 2.14. The first-order valence-corrected chi connectivity index (χ1v) is 6.26. The molecule has 0 aliphatic heterocycles. The Morgan fingerprint density at radius 1 is 1.29 bits per heavy atom. The minimum Gasteiger partial charge on any atom is -0.497 e. The van der Waals surface area contributed by atoms with Gasteiger partial charge >= 0.3 is 5.97 Å². The first-order valence-electron chi connectivity index (χ1n) is 6.26. The summed E-state index contributed by atoms with van der Waals surface area (Å²) >= 11 is 0. The number of aromatic carboxylic acids is 1. The van der Waals surface area contributed by atoms with Gasteiger partial charge in [-0.25, -0.2) is 4.79 Å². The number of amides is 1. The van der Waals surface area contributed by atoms with E-state index in [1.54, 1.807) is 38.3 Å². The molecule has 6 nitrogen and oxygen atoms in total. The quantitative estimate of drug-likeness (QED) is 0.881. The smallest absolute Gasteiger partial charge is 0.339 e. The number of aryl methyl sites for hydroxylation is 1. The molecule has 0 aliphatic carbocycles. The second-order valence-corrected chi connectivity index (χ2v) is 4.40. The maximum absolute atomic E-state index is 11.9. The normalized spacial score (nSPS) is 10.2. The van der Waals surface area contributed by atoms with Crippen LogP contribution in [0.3, 0.4) is 0 Å². The van der Waals surface area contributed by atoms with Crippen LogP contribution in [0.5, 0.6) is 5.75 Å². The van der Waals surface area contributed by atoms with Gasteiger partial charge in [0, 0.05) is 5.56 Å². The van der Waals surface area contributed by atoms with Gasteiger partial charge in [0.2, 0.25) is 0 Å². The predicted molar refractivity (Wildman–Crippen MR) is 74.6 cm³/mol. The Morgan fingerprint density at radius 3 is 2.48 bits per heavy atom. The highest BCUT2D eigenvalue weighted by Crippen LogP contribution is 2.15. The number of carbonyl (C=O) groups excluding carboxylic acids is 1. The summed E-state index contributed by atoms with van der Waals surface area (Å²) < 4.78 is 10.3. The van der Waals surface area contributed by atoms with E-state index in [4.69, 9.17) is 14.3 Å². The Labute approximate surface area is 121 Å². The zero-order chi connectivity index (χ0) is 15.4. The number of nitrogens with one attached hydrogen (secondary N) is 1. The molecule has 0 fully saturated rings. The van der Waals surface area contributed by atoms with Gasteiger partial charge in [0.15, 0.2) is 0 Å². The first-order chi connectivity index (χ1) is 10.0. The van der Waals surface area contributed by atoms with E-state index in [1.165, 1.54) is 6.07 Å². The van der Waals surface area contributed by atoms with Gasteiger partial charge in [-0.05, 0) is 37.3 Å². The first kappa shape index (κ1) is 14.6. The van der Waals surface area contributed by atoms with Crippen molar-refractivity contribution in [1.82, 2.24) is 5.32 Å². The van der Waals surface area contributed by atoms with Crippen molar-refractivity contribution in [3.63, 3.8) is 0 Å².